The Morgan fingerprint density at radius 3 is 2.71 bits per heavy atom. The maximum absolute atomic E-state index is 12.8. The number of carbonyl (C=O) groups is 1. The van der Waals surface area contributed by atoms with Crippen LogP contribution in [0.1, 0.15) is 36.3 Å². The molecule has 1 atom stereocenters. The van der Waals surface area contributed by atoms with Gasteiger partial charge >= 0.3 is 0 Å². The maximum Gasteiger partial charge on any atom is 0.161 e. The average Bonchev–Trinajstić information content (AvgIpc) is 2.53. The van der Waals surface area contributed by atoms with E-state index in [9.17, 15) is 10.1 Å². The van der Waals surface area contributed by atoms with Crippen LogP contribution in [-0.4, -0.2) is 29.9 Å². The van der Waals surface area contributed by atoms with Crippen LogP contribution in [-0.2, 0) is 4.79 Å². The molecule has 0 saturated carbocycles. The fraction of sp³-hybridized carbons (Fsp3) is 0.368. The molecule has 0 aromatic heterocycles. The van der Waals surface area contributed by atoms with E-state index >= 15 is 0 Å². The third kappa shape index (κ3) is 2.49. The summed E-state index contributed by atoms with van der Waals surface area (Å²) < 4.78 is 0. The zero-order chi connectivity index (χ0) is 17.4. The van der Waals surface area contributed by atoms with Crippen molar-refractivity contribution in [2.45, 2.75) is 32.1 Å². The predicted molar refractivity (Wildman–Crippen MR) is 92.2 cm³/mol. The van der Waals surface area contributed by atoms with Crippen LogP contribution in [0.3, 0.4) is 0 Å². The number of Topliss-reactive ketones (excluding diaryl/α,β-unsaturated/α-hetero) is 1. The van der Waals surface area contributed by atoms with Crippen LogP contribution in [0.15, 0.2) is 46.9 Å². The van der Waals surface area contributed by atoms with Gasteiger partial charge in [-0.2, -0.15) is 5.26 Å². The first-order valence-electron chi connectivity index (χ1n) is 8.15. The van der Waals surface area contributed by atoms with Gasteiger partial charge in [0.05, 0.1) is 17.6 Å². The maximum atomic E-state index is 12.8. The summed E-state index contributed by atoms with van der Waals surface area (Å²) in [6.45, 7) is 2.01. The third-order valence-corrected chi connectivity index (χ3v) is 4.66. The Balaban J connectivity index is 2.27. The summed E-state index contributed by atoms with van der Waals surface area (Å²) in [7, 11) is 3.75. The van der Waals surface area contributed by atoms with Crippen molar-refractivity contribution in [3.05, 3.63) is 58.1 Å². The number of benzene rings is 1. The molecule has 124 valence electrons. The molecule has 0 radical (unpaired) electrons. The van der Waals surface area contributed by atoms with Crippen LogP contribution in [0.2, 0.25) is 0 Å². The van der Waals surface area contributed by atoms with E-state index in [2.05, 4.69) is 6.07 Å². The van der Waals surface area contributed by atoms with Gasteiger partial charge < -0.3 is 5.73 Å². The Morgan fingerprint density at radius 1 is 1.33 bits per heavy atom. The molecule has 0 unspecified atom stereocenters. The zero-order valence-electron chi connectivity index (χ0n) is 14.3. The fourth-order valence-corrected chi connectivity index (χ4v) is 3.71. The number of nitrogens with two attached hydrogens (primary N) is 1. The summed E-state index contributed by atoms with van der Waals surface area (Å²) in [6, 6.07) is 10.2. The number of hydrogen-bond acceptors (Lipinski definition) is 5. The highest BCUT2D eigenvalue weighted by Gasteiger charge is 2.40. The molecule has 0 spiro atoms. The number of rotatable bonds is 2. The molecule has 1 heterocycles. The van der Waals surface area contributed by atoms with Crippen molar-refractivity contribution in [2.75, 3.05) is 14.1 Å². The third-order valence-electron chi connectivity index (χ3n) is 4.66. The van der Waals surface area contributed by atoms with Crippen LogP contribution in [0, 0.1) is 18.3 Å². The molecule has 0 amide bonds. The number of ketones is 1. The second kappa shape index (κ2) is 6.14. The first-order chi connectivity index (χ1) is 11.5. The number of hydrazine groups is 1. The molecule has 5 heteroatoms. The number of nitrogens with zero attached hydrogens (tertiary/aromatic N) is 3. The van der Waals surface area contributed by atoms with Gasteiger partial charge in [-0.1, -0.05) is 29.8 Å². The van der Waals surface area contributed by atoms with Gasteiger partial charge in [0.1, 0.15) is 5.82 Å². The van der Waals surface area contributed by atoms with Crippen LogP contribution in [0.5, 0.6) is 0 Å². The number of carbonyl (C=O) groups excluding carboxylic acids is 1. The van der Waals surface area contributed by atoms with Gasteiger partial charge in [0, 0.05) is 31.8 Å². The lowest BCUT2D eigenvalue weighted by molar-refractivity contribution is -0.116. The molecule has 2 aliphatic rings. The quantitative estimate of drug-likeness (QED) is 0.906. The molecular weight excluding hydrogens is 300 g/mol. The number of aryl methyl sites for hydroxylation is 1. The van der Waals surface area contributed by atoms with E-state index in [1.54, 1.807) is 0 Å². The standard InChI is InChI=1S/C19H22N4O/c1-12-6-4-7-13(10-12)17-14(11-20)19(21)23(22(2)3)15-8-5-9-16(24)18(15)17/h4,6-7,10,17H,5,8-9,21H2,1-3H3/t17-/m1/s1. The second-order valence-electron chi connectivity index (χ2n) is 6.55. The first kappa shape index (κ1) is 16.3. The first-order valence-corrected chi connectivity index (χ1v) is 8.15. The fourth-order valence-electron chi connectivity index (χ4n) is 3.71. The highest BCUT2D eigenvalue weighted by molar-refractivity contribution is 5.99. The van der Waals surface area contributed by atoms with E-state index in [-0.39, 0.29) is 11.7 Å². The molecule has 1 aromatic carbocycles. The summed E-state index contributed by atoms with van der Waals surface area (Å²) >= 11 is 0. The molecule has 0 saturated heterocycles. The molecule has 0 bridgehead atoms. The summed E-state index contributed by atoms with van der Waals surface area (Å²) in [6.07, 6.45) is 2.14. The van der Waals surface area contributed by atoms with Gasteiger partial charge in [-0.3, -0.25) is 9.80 Å². The summed E-state index contributed by atoms with van der Waals surface area (Å²) in [5.41, 5.74) is 10.5. The topological polar surface area (TPSA) is 73.4 Å². The van der Waals surface area contributed by atoms with E-state index in [0.717, 1.165) is 35.2 Å². The minimum atomic E-state index is -0.367. The molecule has 3 rings (SSSR count). The van der Waals surface area contributed by atoms with E-state index in [4.69, 9.17) is 5.73 Å². The molecule has 1 aliphatic carbocycles. The van der Waals surface area contributed by atoms with Gasteiger partial charge in [0.25, 0.3) is 0 Å². The number of allylic oxidation sites excluding steroid dienone is 3. The molecule has 0 fully saturated rings. The Bertz CT molecular complexity index is 798. The predicted octanol–water partition coefficient (Wildman–Crippen LogP) is 2.57. The van der Waals surface area contributed by atoms with Crippen molar-refractivity contribution in [2.24, 2.45) is 5.73 Å². The monoisotopic (exact) mass is 322 g/mol. The normalized spacial score (nSPS) is 21.2. The molecule has 1 aliphatic heterocycles. The summed E-state index contributed by atoms with van der Waals surface area (Å²) in [5.74, 6) is 0.172. The molecule has 2 N–H and O–H groups in total. The lowest BCUT2D eigenvalue weighted by atomic mass is 9.76. The SMILES string of the molecule is Cc1cccc([C@@H]2C(C#N)=C(N)N(N(C)C)C3=C2C(=O)CCC3)c1. The largest absolute Gasteiger partial charge is 0.383 e. The van der Waals surface area contributed by atoms with Gasteiger partial charge in [0.15, 0.2) is 5.78 Å². The van der Waals surface area contributed by atoms with Gasteiger partial charge in [-0.25, -0.2) is 5.01 Å². The highest BCUT2D eigenvalue weighted by Crippen LogP contribution is 2.44. The smallest absolute Gasteiger partial charge is 0.161 e. The molecule has 24 heavy (non-hydrogen) atoms. The lowest BCUT2D eigenvalue weighted by Crippen LogP contribution is -2.45. The summed E-state index contributed by atoms with van der Waals surface area (Å²) in [5, 5.41) is 13.4. The van der Waals surface area contributed by atoms with Crippen LogP contribution in [0.25, 0.3) is 0 Å². The number of hydrogen-bond donors (Lipinski definition) is 1. The van der Waals surface area contributed by atoms with Crippen molar-refractivity contribution in [1.29, 1.82) is 5.26 Å². The minimum Gasteiger partial charge on any atom is -0.383 e. The Labute approximate surface area is 142 Å². The van der Waals surface area contributed by atoms with Gasteiger partial charge in [-0.15, -0.1) is 0 Å². The highest BCUT2D eigenvalue weighted by atomic mass is 16.1. The van der Waals surface area contributed by atoms with Crippen molar-refractivity contribution in [1.82, 2.24) is 10.0 Å². The Hall–Kier alpha value is -2.58. The number of nitriles is 1. The van der Waals surface area contributed by atoms with Crippen molar-refractivity contribution < 1.29 is 4.79 Å². The minimum absolute atomic E-state index is 0.120. The van der Waals surface area contributed by atoms with Crippen molar-refractivity contribution in [3.63, 3.8) is 0 Å². The Morgan fingerprint density at radius 2 is 2.08 bits per heavy atom. The lowest BCUT2D eigenvalue weighted by Gasteiger charge is -2.42. The molecule has 1 aromatic rings. The van der Waals surface area contributed by atoms with E-state index in [0.29, 0.717) is 17.8 Å². The Kier molecular flexibility index (Phi) is 4.16. The van der Waals surface area contributed by atoms with Crippen molar-refractivity contribution in [3.8, 4) is 6.07 Å². The molecular formula is C19H22N4O. The second-order valence-corrected chi connectivity index (χ2v) is 6.55. The molecule has 5 nitrogen and oxygen atoms in total. The van der Waals surface area contributed by atoms with Crippen LogP contribution >= 0.6 is 0 Å². The van der Waals surface area contributed by atoms with Gasteiger partial charge in [-0.05, 0) is 25.3 Å². The summed E-state index contributed by atoms with van der Waals surface area (Å²) in [4.78, 5) is 12.8. The van der Waals surface area contributed by atoms with E-state index in [1.165, 1.54) is 0 Å². The zero-order valence-corrected chi connectivity index (χ0v) is 14.3. The van der Waals surface area contributed by atoms with Gasteiger partial charge in [0.2, 0.25) is 0 Å². The average molecular weight is 322 g/mol. The van der Waals surface area contributed by atoms with E-state index in [1.807, 2.05) is 55.3 Å². The van der Waals surface area contributed by atoms with Crippen LogP contribution < -0.4 is 5.73 Å². The van der Waals surface area contributed by atoms with Crippen LogP contribution in [0.4, 0.5) is 0 Å². The van der Waals surface area contributed by atoms with E-state index < -0.39 is 0 Å². The van der Waals surface area contributed by atoms with Crippen molar-refractivity contribution >= 4 is 5.78 Å².